The summed E-state index contributed by atoms with van der Waals surface area (Å²) in [5.41, 5.74) is 5.38. The Morgan fingerprint density at radius 1 is 1.23 bits per heavy atom. The first-order chi connectivity index (χ1) is 12.3. The van der Waals surface area contributed by atoms with E-state index in [4.69, 9.17) is 5.73 Å². The van der Waals surface area contributed by atoms with Crippen molar-refractivity contribution >= 4 is 11.6 Å². The van der Waals surface area contributed by atoms with Crippen LogP contribution in [0.5, 0.6) is 0 Å². The number of halogens is 1. The Labute approximate surface area is 150 Å². The number of hydrogen-bond donors (Lipinski definition) is 1. The molecule has 1 heterocycles. The van der Waals surface area contributed by atoms with Crippen LogP contribution in [0.1, 0.15) is 29.3 Å². The predicted octanol–water partition coefficient (Wildman–Crippen LogP) is 0.993. The standard InChI is InChI=1S/C18H23FN4O3/c1-4-9-23-16(20)15(17(25)22(3)18(23)26)14(24)11-21(2)10-12-5-7-13(19)8-6-12/h5-8H,4,9-11,20H2,1-3H3. The Hall–Kier alpha value is -2.74. The maximum absolute atomic E-state index is 13.0. The molecule has 140 valence electrons. The summed E-state index contributed by atoms with van der Waals surface area (Å²) >= 11 is 0. The topological polar surface area (TPSA) is 90.3 Å². The van der Waals surface area contributed by atoms with Crippen molar-refractivity contribution in [3.05, 3.63) is 62.0 Å². The molecule has 0 saturated heterocycles. The molecular formula is C18H23FN4O3. The Morgan fingerprint density at radius 2 is 1.85 bits per heavy atom. The fourth-order valence-corrected chi connectivity index (χ4v) is 2.77. The fourth-order valence-electron chi connectivity index (χ4n) is 2.77. The van der Waals surface area contributed by atoms with E-state index in [1.807, 2.05) is 6.92 Å². The van der Waals surface area contributed by atoms with Gasteiger partial charge in [-0.15, -0.1) is 0 Å². The van der Waals surface area contributed by atoms with Gasteiger partial charge in [-0.25, -0.2) is 9.18 Å². The molecule has 0 aliphatic carbocycles. The number of carbonyl (C=O) groups excluding carboxylic acids is 1. The molecule has 26 heavy (non-hydrogen) atoms. The summed E-state index contributed by atoms with van der Waals surface area (Å²) in [6.07, 6.45) is 0.639. The monoisotopic (exact) mass is 362 g/mol. The molecule has 1 aromatic heterocycles. The van der Waals surface area contributed by atoms with Gasteiger partial charge < -0.3 is 5.73 Å². The van der Waals surface area contributed by atoms with Crippen LogP contribution in [0.4, 0.5) is 10.2 Å². The molecule has 0 saturated carbocycles. The number of nitrogens with two attached hydrogens (primary N) is 1. The molecule has 0 spiro atoms. The number of carbonyl (C=O) groups is 1. The van der Waals surface area contributed by atoms with E-state index in [1.54, 1.807) is 24.1 Å². The zero-order valence-electron chi connectivity index (χ0n) is 15.2. The third kappa shape index (κ3) is 4.08. The molecule has 0 atom stereocenters. The Kier molecular flexibility index (Phi) is 6.10. The van der Waals surface area contributed by atoms with Crippen molar-refractivity contribution in [3.8, 4) is 0 Å². The van der Waals surface area contributed by atoms with E-state index in [0.29, 0.717) is 19.5 Å². The lowest BCUT2D eigenvalue weighted by Gasteiger charge is -2.18. The minimum Gasteiger partial charge on any atom is -0.384 e. The number of Topliss-reactive ketones (excluding diaryl/α,β-unsaturated/α-hetero) is 1. The number of anilines is 1. The van der Waals surface area contributed by atoms with Crippen LogP contribution < -0.4 is 17.0 Å². The average molecular weight is 362 g/mol. The average Bonchev–Trinajstić information content (AvgIpc) is 2.59. The maximum atomic E-state index is 13.0. The van der Waals surface area contributed by atoms with Gasteiger partial charge in [-0.05, 0) is 31.2 Å². The van der Waals surface area contributed by atoms with Crippen LogP contribution in [0.3, 0.4) is 0 Å². The number of ketones is 1. The summed E-state index contributed by atoms with van der Waals surface area (Å²) in [5.74, 6) is -0.889. The van der Waals surface area contributed by atoms with Crippen molar-refractivity contribution in [2.45, 2.75) is 26.4 Å². The molecular weight excluding hydrogens is 339 g/mol. The molecule has 0 bridgehead atoms. The first kappa shape index (κ1) is 19.6. The molecule has 0 aliphatic heterocycles. The van der Waals surface area contributed by atoms with Gasteiger partial charge >= 0.3 is 5.69 Å². The molecule has 1 aromatic carbocycles. The van der Waals surface area contributed by atoms with Crippen LogP contribution in [-0.4, -0.2) is 33.4 Å². The molecule has 8 heteroatoms. The van der Waals surface area contributed by atoms with Crippen molar-refractivity contribution in [3.63, 3.8) is 0 Å². The fraction of sp³-hybridized carbons (Fsp3) is 0.389. The lowest BCUT2D eigenvalue weighted by Crippen LogP contribution is -2.43. The predicted molar refractivity (Wildman–Crippen MR) is 97.7 cm³/mol. The molecule has 0 fully saturated rings. The Morgan fingerprint density at radius 3 is 2.42 bits per heavy atom. The zero-order valence-corrected chi connectivity index (χ0v) is 15.2. The second-order valence-corrected chi connectivity index (χ2v) is 6.28. The number of hydrogen-bond acceptors (Lipinski definition) is 5. The van der Waals surface area contributed by atoms with Gasteiger partial charge in [0, 0.05) is 20.1 Å². The summed E-state index contributed by atoms with van der Waals surface area (Å²) < 4.78 is 15.1. The third-order valence-corrected chi connectivity index (χ3v) is 4.09. The maximum Gasteiger partial charge on any atom is 0.332 e. The molecule has 2 N–H and O–H groups in total. The summed E-state index contributed by atoms with van der Waals surface area (Å²) in [7, 11) is 3.04. The molecule has 0 aliphatic rings. The van der Waals surface area contributed by atoms with Gasteiger partial charge in [0.2, 0.25) is 0 Å². The molecule has 7 nitrogen and oxygen atoms in total. The molecule has 0 unspecified atom stereocenters. The minimum atomic E-state index is -0.694. The first-order valence-corrected chi connectivity index (χ1v) is 8.31. The molecule has 0 radical (unpaired) electrons. The van der Waals surface area contributed by atoms with Crippen LogP contribution in [0.15, 0.2) is 33.9 Å². The van der Waals surface area contributed by atoms with Crippen molar-refractivity contribution in [2.24, 2.45) is 7.05 Å². The van der Waals surface area contributed by atoms with E-state index >= 15 is 0 Å². The van der Waals surface area contributed by atoms with Crippen LogP contribution >= 0.6 is 0 Å². The van der Waals surface area contributed by atoms with Crippen molar-refractivity contribution in [1.29, 1.82) is 0 Å². The number of rotatable bonds is 7. The Bertz CT molecular complexity index is 916. The second kappa shape index (κ2) is 8.09. The summed E-state index contributed by atoms with van der Waals surface area (Å²) in [4.78, 5) is 38.9. The van der Waals surface area contributed by atoms with Crippen LogP contribution in [0, 0.1) is 5.82 Å². The second-order valence-electron chi connectivity index (χ2n) is 6.28. The smallest absolute Gasteiger partial charge is 0.332 e. The highest BCUT2D eigenvalue weighted by atomic mass is 19.1. The molecule has 0 amide bonds. The van der Waals surface area contributed by atoms with E-state index in [9.17, 15) is 18.8 Å². The van der Waals surface area contributed by atoms with Gasteiger partial charge in [0.1, 0.15) is 17.2 Å². The highest BCUT2D eigenvalue weighted by molar-refractivity contribution is 6.01. The van der Waals surface area contributed by atoms with Crippen LogP contribution in [0.2, 0.25) is 0 Å². The van der Waals surface area contributed by atoms with Crippen LogP contribution in [0.25, 0.3) is 0 Å². The highest BCUT2D eigenvalue weighted by Crippen LogP contribution is 2.09. The van der Waals surface area contributed by atoms with E-state index in [1.165, 1.54) is 23.7 Å². The highest BCUT2D eigenvalue weighted by Gasteiger charge is 2.22. The first-order valence-electron chi connectivity index (χ1n) is 8.31. The van der Waals surface area contributed by atoms with Gasteiger partial charge in [-0.2, -0.15) is 0 Å². The van der Waals surface area contributed by atoms with Gasteiger partial charge in [0.15, 0.2) is 5.78 Å². The van der Waals surface area contributed by atoms with E-state index in [2.05, 4.69) is 0 Å². The van der Waals surface area contributed by atoms with Gasteiger partial charge in [0.05, 0.1) is 6.54 Å². The number of nitrogens with zero attached hydrogens (tertiary/aromatic N) is 3. The summed E-state index contributed by atoms with van der Waals surface area (Å²) in [6, 6.07) is 5.95. The van der Waals surface area contributed by atoms with Gasteiger partial charge in [-0.3, -0.25) is 23.6 Å². The lowest BCUT2D eigenvalue weighted by atomic mass is 10.1. The molecule has 2 aromatic rings. The number of nitrogen functional groups attached to an aromatic ring is 1. The summed E-state index contributed by atoms with van der Waals surface area (Å²) in [5, 5.41) is 0. The van der Waals surface area contributed by atoms with Crippen molar-refractivity contribution < 1.29 is 9.18 Å². The minimum absolute atomic E-state index is 0.0544. The largest absolute Gasteiger partial charge is 0.384 e. The SMILES string of the molecule is CCCn1c(N)c(C(=O)CN(C)Cc2ccc(F)cc2)c(=O)n(C)c1=O. The van der Waals surface area contributed by atoms with Gasteiger partial charge in [-0.1, -0.05) is 19.1 Å². The van der Waals surface area contributed by atoms with E-state index in [0.717, 1.165) is 10.1 Å². The van der Waals surface area contributed by atoms with E-state index in [-0.39, 0.29) is 23.7 Å². The third-order valence-electron chi connectivity index (χ3n) is 4.09. The lowest BCUT2D eigenvalue weighted by molar-refractivity contribution is 0.0941. The normalized spacial score (nSPS) is 11.1. The number of likely N-dealkylation sites (N-methyl/N-ethyl adjacent to an activating group) is 1. The van der Waals surface area contributed by atoms with Gasteiger partial charge in [0.25, 0.3) is 5.56 Å². The van der Waals surface area contributed by atoms with E-state index < -0.39 is 17.0 Å². The molecule has 2 rings (SSSR count). The van der Waals surface area contributed by atoms with Crippen LogP contribution in [-0.2, 0) is 20.1 Å². The zero-order chi connectivity index (χ0) is 19.4. The quantitative estimate of drug-likeness (QED) is 0.742. The van der Waals surface area contributed by atoms with Crippen molar-refractivity contribution in [1.82, 2.24) is 14.0 Å². The van der Waals surface area contributed by atoms with Crippen molar-refractivity contribution in [2.75, 3.05) is 19.3 Å². The number of benzene rings is 1. The Balaban J connectivity index is 2.27. The number of aromatic nitrogens is 2. The summed E-state index contributed by atoms with van der Waals surface area (Å²) in [6.45, 7) is 2.54.